The second kappa shape index (κ2) is 8.20. The SMILES string of the molecule is CCCNCC(C)N(CC)Cc1ccccn1. The number of aromatic nitrogens is 1. The van der Waals surface area contributed by atoms with Crippen LogP contribution in [0, 0.1) is 0 Å². The van der Waals surface area contributed by atoms with Gasteiger partial charge in [-0.2, -0.15) is 0 Å². The Morgan fingerprint density at radius 2 is 2.18 bits per heavy atom. The molecule has 0 fully saturated rings. The highest BCUT2D eigenvalue weighted by atomic mass is 15.2. The van der Waals surface area contributed by atoms with E-state index in [4.69, 9.17) is 0 Å². The Balaban J connectivity index is 2.42. The van der Waals surface area contributed by atoms with Gasteiger partial charge >= 0.3 is 0 Å². The molecule has 0 aliphatic heterocycles. The molecule has 0 amide bonds. The van der Waals surface area contributed by atoms with E-state index in [0.29, 0.717) is 6.04 Å². The van der Waals surface area contributed by atoms with Gasteiger partial charge in [0.2, 0.25) is 0 Å². The lowest BCUT2D eigenvalue weighted by Crippen LogP contribution is -2.40. The summed E-state index contributed by atoms with van der Waals surface area (Å²) in [6, 6.07) is 6.66. The first-order valence-corrected chi connectivity index (χ1v) is 6.62. The summed E-state index contributed by atoms with van der Waals surface area (Å²) in [5, 5.41) is 3.47. The smallest absolute Gasteiger partial charge is 0.0544 e. The molecule has 3 heteroatoms. The zero-order valence-electron chi connectivity index (χ0n) is 11.3. The Morgan fingerprint density at radius 1 is 1.35 bits per heavy atom. The van der Waals surface area contributed by atoms with Crippen molar-refractivity contribution in [1.29, 1.82) is 0 Å². The van der Waals surface area contributed by atoms with E-state index in [1.165, 1.54) is 6.42 Å². The highest BCUT2D eigenvalue weighted by Gasteiger charge is 2.12. The Bertz CT molecular complexity index is 287. The fraction of sp³-hybridized carbons (Fsp3) is 0.643. The Morgan fingerprint density at radius 3 is 2.76 bits per heavy atom. The third-order valence-corrected chi connectivity index (χ3v) is 2.99. The van der Waals surface area contributed by atoms with Crippen LogP contribution in [0.2, 0.25) is 0 Å². The van der Waals surface area contributed by atoms with E-state index in [1.807, 2.05) is 12.3 Å². The fourth-order valence-corrected chi connectivity index (χ4v) is 1.90. The van der Waals surface area contributed by atoms with Crippen LogP contribution in [0.3, 0.4) is 0 Å². The minimum absolute atomic E-state index is 0.550. The number of rotatable bonds is 8. The van der Waals surface area contributed by atoms with Crippen molar-refractivity contribution in [2.75, 3.05) is 19.6 Å². The van der Waals surface area contributed by atoms with E-state index in [1.54, 1.807) is 0 Å². The van der Waals surface area contributed by atoms with E-state index in [2.05, 4.69) is 48.1 Å². The molecule has 0 radical (unpaired) electrons. The fourth-order valence-electron chi connectivity index (χ4n) is 1.90. The molecule has 0 spiro atoms. The van der Waals surface area contributed by atoms with Gasteiger partial charge in [-0.1, -0.05) is 19.9 Å². The minimum Gasteiger partial charge on any atom is -0.315 e. The summed E-state index contributed by atoms with van der Waals surface area (Å²) in [7, 11) is 0. The maximum absolute atomic E-state index is 4.38. The van der Waals surface area contributed by atoms with Crippen LogP contribution < -0.4 is 5.32 Å². The molecule has 1 aromatic heterocycles. The number of pyridine rings is 1. The molecule has 1 aromatic rings. The summed E-state index contributed by atoms with van der Waals surface area (Å²) in [4.78, 5) is 6.83. The van der Waals surface area contributed by atoms with Gasteiger partial charge in [0.1, 0.15) is 0 Å². The van der Waals surface area contributed by atoms with Gasteiger partial charge in [-0.25, -0.2) is 0 Å². The molecule has 0 saturated heterocycles. The van der Waals surface area contributed by atoms with Crippen molar-refractivity contribution >= 4 is 0 Å². The lowest BCUT2D eigenvalue weighted by molar-refractivity contribution is 0.204. The lowest BCUT2D eigenvalue weighted by Gasteiger charge is -2.27. The zero-order valence-corrected chi connectivity index (χ0v) is 11.3. The predicted molar refractivity (Wildman–Crippen MR) is 72.9 cm³/mol. The van der Waals surface area contributed by atoms with Crippen molar-refractivity contribution in [2.24, 2.45) is 0 Å². The second-order valence-electron chi connectivity index (χ2n) is 4.44. The maximum atomic E-state index is 4.38. The first-order valence-electron chi connectivity index (χ1n) is 6.62. The van der Waals surface area contributed by atoms with E-state index in [9.17, 15) is 0 Å². The van der Waals surface area contributed by atoms with Gasteiger partial charge < -0.3 is 5.32 Å². The largest absolute Gasteiger partial charge is 0.315 e. The predicted octanol–water partition coefficient (Wildman–Crippen LogP) is 2.29. The molecule has 0 saturated carbocycles. The molecule has 0 aromatic carbocycles. The van der Waals surface area contributed by atoms with Crippen LogP contribution in [0.1, 0.15) is 32.9 Å². The highest BCUT2D eigenvalue weighted by Crippen LogP contribution is 2.05. The van der Waals surface area contributed by atoms with Crippen LogP contribution >= 0.6 is 0 Å². The summed E-state index contributed by atoms with van der Waals surface area (Å²) in [5.41, 5.74) is 1.15. The third kappa shape index (κ3) is 5.29. The number of hydrogen-bond donors (Lipinski definition) is 1. The molecule has 1 atom stereocenters. The summed E-state index contributed by atoms with van der Waals surface area (Å²) in [6.45, 7) is 10.8. The van der Waals surface area contributed by atoms with Crippen molar-refractivity contribution < 1.29 is 0 Å². The van der Waals surface area contributed by atoms with Gasteiger partial charge in [0.05, 0.1) is 5.69 Å². The van der Waals surface area contributed by atoms with Gasteiger partial charge in [0.15, 0.2) is 0 Å². The van der Waals surface area contributed by atoms with Crippen LogP contribution in [0.4, 0.5) is 0 Å². The van der Waals surface area contributed by atoms with Gasteiger partial charge in [-0.3, -0.25) is 9.88 Å². The Labute approximate surface area is 105 Å². The normalized spacial score (nSPS) is 12.9. The molecule has 1 N–H and O–H groups in total. The van der Waals surface area contributed by atoms with Crippen LogP contribution in [0.5, 0.6) is 0 Å². The third-order valence-electron chi connectivity index (χ3n) is 2.99. The van der Waals surface area contributed by atoms with E-state index < -0.39 is 0 Å². The molecule has 96 valence electrons. The average Bonchev–Trinajstić information content (AvgIpc) is 2.37. The molecule has 3 nitrogen and oxygen atoms in total. The highest BCUT2D eigenvalue weighted by molar-refractivity contribution is 5.03. The van der Waals surface area contributed by atoms with Gasteiger partial charge in [0.25, 0.3) is 0 Å². The van der Waals surface area contributed by atoms with Crippen molar-refractivity contribution in [3.8, 4) is 0 Å². The number of hydrogen-bond acceptors (Lipinski definition) is 3. The summed E-state index contributed by atoms with van der Waals surface area (Å²) < 4.78 is 0. The molecule has 0 aliphatic carbocycles. The van der Waals surface area contributed by atoms with Gasteiger partial charge in [-0.15, -0.1) is 0 Å². The average molecular weight is 235 g/mol. The van der Waals surface area contributed by atoms with Crippen molar-refractivity contribution in [3.63, 3.8) is 0 Å². The second-order valence-corrected chi connectivity index (χ2v) is 4.44. The number of nitrogens with zero attached hydrogens (tertiary/aromatic N) is 2. The molecular weight excluding hydrogens is 210 g/mol. The Hall–Kier alpha value is -0.930. The molecule has 1 unspecified atom stereocenters. The Kier molecular flexibility index (Phi) is 6.82. The standard InChI is InChI=1S/C14H25N3/c1-4-9-15-11-13(3)17(5-2)12-14-8-6-7-10-16-14/h6-8,10,13,15H,4-5,9,11-12H2,1-3H3. The van der Waals surface area contributed by atoms with Crippen molar-refractivity contribution in [1.82, 2.24) is 15.2 Å². The number of likely N-dealkylation sites (N-methyl/N-ethyl adjacent to an activating group) is 1. The lowest BCUT2D eigenvalue weighted by atomic mass is 10.2. The topological polar surface area (TPSA) is 28.2 Å². The molecule has 0 bridgehead atoms. The monoisotopic (exact) mass is 235 g/mol. The van der Waals surface area contributed by atoms with Gasteiger partial charge in [0, 0.05) is 25.3 Å². The number of nitrogens with one attached hydrogen (secondary N) is 1. The van der Waals surface area contributed by atoms with Gasteiger partial charge in [-0.05, 0) is 38.6 Å². The molecule has 17 heavy (non-hydrogen) atoms. The molecule has 1 rings (SSSR count). The van der Waals surface area contributed by atoms with Crippen LogP contribution in [0.25, 0.3) is 0 Å². The summed E-state index contributed by atoms with van der Waals surface area (Å²) in [6.07, 6.45) is 3.06. The first-order chi connectivity index (χ1) is 8.27. The van der Waals surface area contributed by atoms with Crippen LogP contribution in [-0.2, 0) is 6.54 Å². The maximum Gasteiger partial charge on any atom is 0.0544 e. The zero-order chi connectivity index (χ0) is 12.5. The van der Waals surface area contributed by atoms with Crippen LogP contribution in [-0.4, -0.2) is 35.6 Å². The quantitative estimate of drug-likeness (QED) is 0.701. The van der Waals surface area contributed by atoms with E-state index >= 15 is 0 Å². The molecular formula is C14H25N3. The molecule has 1 heterocycles. The van der Waals surface area contributed by atoms with E-state index in [-0.39, 0.29) is 0 Å². The van der Waals surface area contributed by atoms with Crippen molar-refractivity contribution in [2.45, 2.75) is 39.8 Å². The molecule has 0 aliphatic rings. The summed E-state index contributed by atoms with van der Waals surface area (Å²) in [5.74, 6) is 0. The summed E-state index contributed by atoms with van der Waals surface area (Å²) >= 11 is 0. The van der Waals surface area contributed by atoms with Crippen LogP contribution in [0.15, 0.2) is 24.4 Å². The minimum atomic E-state index is 0.550. The van der Waals surface area contributed by atoms with Crippen molar-refractivity contribution in [3.05, 3.63) is 30.1 Å². The van der Waals surface area contributed by atoms with E-state index in [0.717, 1.165) is 31.9 Å². The first kappa shape index (κ1) is 14.1.